The molecule has 0 saturated carbocycles. The number of nitrogens with one attached hydrogen (secondary N) is 2. The number of amides is 2. The van der Waals surface area contributed by atoms with Crippen LogP contribution >= 0.6 is 0 Å². The fourth-order valence-electron chi connectivity index (χ4n) is 1.19. The van der Waals surface area contributed by atoms with Crippen molar-refractivity contribution >= 4 is 6.03 Å². The van der Waals surface area contributed by atoms with Crippen LogP contribution in [-0.4, -0.2) is 12.6 Å². The van der Waals surface area contributed by atoms with Gasteiger partial charge in [-0.1, -0.05) is 18.1 Å². The summed E-state index contributed by atoms with van der Waals surface area (Å²) in [4.78, 5) is 11.1. The molecule has 2 N–H and O–H groups in total. The summed E-state index contributed by atoms with van der Waals surface area (Å²) in [5.74, 6) is 2.22. The van der Waals surface area contributed by atoms with E-state index in [0.29, 0.717) is 5.56 Å². The average Bonchev–Trinajstić information content (AvgIpc) is 2.33. The van der Waals surface area contributed by atoms with E-state index in [2.05, 4.69) is 16.6 Å². The lowest BCUT2D eigenvalue weighted by Gasteiger charge is -2.08. The maximum atomic E-state index is 12.3. The van der Waals surface area contributed by atoms with Crippen molar-refractivity contribution < 1.29 is 18.0 Å². The minimum atomic E-state index is -4.35. The highest BCUT2D eigenvalue weighted by Crippen LogP contribution is 2.28. The van der Waals surface area contributed by atoms with Crippen molar-refractivity contribution in [3.05, 3.63) is 35.4 Å². The Morgan fingerprint density at radius 3 is 2.33 bits per heavy atom. The SMILES string of the molecule is C#CCNC(=O)NCc1ccc(C(F)(F)F)cc1. The average molecular weight is 256 g/mol. The van der Waals surface area contributed by atoms with Crippen LogP contribution in [0.25, 0.3) is 0 Å². The zero-order chi connectivity index (χ0) is 13.6. The summed E-state index contributed by atoms with van der Waals surface area (Å²) >= 11 is 0. The largest absolute Gasteiger partial charge is 0.416 e. The molecule has 0 saturated heterocycles. The fraction of sp³-hybridized carbons (Fsp3) is 0.250. The van der Waals surface area contributed by atoms with Gasteiger partial charge in [-0.2, -0.15) is 13.2 Å². The second-order valence-corrected chi connectivity index (χ2v) is 3.44. The highest BCUT2D eigenvalue weighted by Gasteiger charge is 2.29. The molecule has 1 aromatic rings. The third-order valence-corrected chi connectivity index (χ3v) is 2.09. The first-order valence-corrected chi connectivity index (χ1v) is 5.05. The predicted octanol–water partition coefficient (Wildman–Crippen LogP) is 2.14. The Balaban J connectivity index is 2.50. The lowest BCUT2D eigenvalue weighted by Crippen LogP contribution is -2.35. The molecule has 18 heavy (non-hydrogen) atoms. The molecule has 0 aliphatic rings. The Hall–Kier alpha value is -2.16. The van der Waals surface area contributed by atoms with E-state index in [1.165, 1.54) is 12.1 Å². The highest BCUT2D eigenvalue weighted by atomic mass is 19.4. The molecule has 0 aliphatic heterocycles. The summed E-state index contributed by atoms with van der Waals surface area (Å²) in [6.07, 6.45) is 0.591. The first-order valence-electron chi connectivity index (χ1n) is 5.05. The molecular weight excluding hydrogens is 245 g/mol. The van der Waals surface area contributed by atoms with Gasteiger partial charge in [0.05, 0.1) is 12.1 Å². The maximum Gasteiger partial charge on any atom is 0.416 e. The van der Waals surface area contributed by atoms with Gasteiger partial charge in [0, 0.05) is 6.54 Å². The topological polar surface area (TPSA) is 41.1 Å². The molecule has 0 aliphatic carbocycles. The number of benzene rings is 1. The molecule has 0 bridgehead atoms. The smallest absolute Gasteiger partial charge is 0.334 e. The fourth-order valence-corrected chi connectivity index (χ4v) is 1.19. The summed E-state index contributed by atoms with van der Waals surface area (Å²) in [5.41, 5.74) is -0.151. The molecule has 0 fully saturated rings. The zero-order valence-corrected chi connectivity index (χ0v) is 9.34. The van der Waals surface area contributed by atoms with Crippen LogP contribution in [0.5, 0.6) is 0 Å². The van der Waals surface area contributed by atoms with Crippen LogP contribution in [0.3, 0.4) is 0 Å². The van der Waals surface area contributed by atoms with Gasteiger partial charge < -0.3 is 10.6 Å². The van der Waals surface area contributed by atoms with Gasteiger partial charge in [0.25, 0.3) is 0 Å². The van der Waals surface area contributed by atoms with Crippen molar-refractivity contribution in [1.29, 1.82) is 0 Å². The van der Waals surface area contributed by atoms with E-state index in [4.69, 9.17) is 6.42 Å². The van der Waals surface area contributed by atoms with E-state index >= 15 is 0 Å². The summed E-state index contributed by atoms with van der Waals surface area (Å²) in [6, 6.07) is 4.09. The van der Waals surface area contributed by atoms with Crippen LogP contribution in [0.4, 0.5) is 18.0 Å². The van der Waals surface area contributed by atoms with Crippen LogP contribution in [0.15, 0.2) is 24.3 Å². The van der Waals surface area contributed by atoms with E-state index in [0.717, 1.165) is 12.1 Å². The predicted molar refractivity (Wildman–Crippen MR) is 60.5 cm³/mol. The summed E-state index contributed by atoms with van der Waals surface area (Å²) in [7, 11) is 0. The Bertz CT molecular complexity index is 446. The van der Waals surface area contributed by atoms with Gasteiger partial charge in [0.15, 0.2) is 0 Å². The van der Waals surface area contributed by atoms with Crippen molar-refractivity contribution in [3.63, 3.8) is 0 Å². The molecule has 0 heterocycles. The van der Waals surface area contributed by atoms with Gasteiger partial charge in [-0.25, -0.2) is 4.79 Å². The Labute approximate surface area is 102 Å². The molecule has 96 valence electrons. The van der Waals surface area contributed by atoms with Gasteiger partial charge in [-0.15, -0.1) is 6.42 Å². The molecule has 0 atom stereocenters. The minimum absolute atomic E-state index is 0.0961. The monoisotopic (exact) mass is 256 g/mol. The molecule has 1 rings (SSSR count). The zero-order valence-electron chi connectivity index (χ0n) is 9.34. The highest BCUT2D eigenvalue weighted by molar-refractivity contribution is 5.74. The summed E-state index contributed by atoms with van der Waals surface area (Å²) < 4.78 is 36.8. The third-order valence-electron chi connectivity index (χ3n) is 2.09. The summed E-state index contributed by atoms with van der Waals surface area (Å²) in [5, 5.41) is 4.84. The first-order chi connectivity index (χ1) is 8.43. The van der Waals surface area contributed by atoms with Gasteiger partial charge in [-0.05, 0) is 17.7 Å². The minimum Gasteiger partial charge on any atom is -0.334 e. The molecule has 0 unspecified atom stereocenters. The molecule has 1 aromatic carbocycles. The maximum absolute atomic E-state index is 12.3. The number of rotatable bonds is 3. The molecule has 0 spiro atoms. The van der Waals surface area contributed by atoms with E-state index in [9.17, 15) is 18.0 Å². The van der Waals surface area contributed by atoms with Gasteiger partial charge >= 0.3 is 12.2 Å². The number of halogens is 3. The van der Waals surface area contributed by atoms with Crippen LogP contribution < -0.4 is 10.6 Å². The lowest BCUT2D eigenvalue weighted by atomic mass is 10.1. The van der Waals surface area contributed by atoms with Crippen molar-refractivity contribution in [1.82, 2.24) is 10.6 Å². The van der Waals surface area contributed by atoms with E-state index in [-0.39, 0.29) is 13.1 Å². The van der Waals surface area contributed by atoms with Crippen LogP contribution in [-0.2, 0) is 12.7 Å². The van der Waals surface area contributed by atoms with Crippen molar-refractivity contribution in [2.24, 2.45) is 0 Å². The summed E-state index contributed by atoms with van der Waals surface area (Å²) in [6.45, 7) is 0.230. The first kappa shape index (κ1) is 13.9. The number of alkyl halides is 3. The number of hydrogen-bond acceptors (Lipinski definition) is 1. The second-order valence-electron chi connectivity index (χ2n) is 3.44. The molecular formula is C12H11F3N2O. The van der Waals surface area contributed by atoms with Gasteiger partial charge in [0.1, 0.15) is 0 Å². The van der Waals surface area contributed by atoms with E-state index in [1.54, 1.807) is 0 Å². The standard InChI is InChI=1S/C12H11F3N2O/c1-2-7-16-11(18)17-8-9-3-5-10(6-4-9)12(13,14)15/h1,3-6H,7-8H2,(H2,16,17,18). The quantitative estimate of drug-likeness (QED) is 0.799. The molecule has 3 nitrogen and oxygen atoms in total. The van der Waals surface area contributed by atoms with Crippen molar-refractivity contribution in [2.75, 3.05) is 6.54 Å². The second kappa shape index (κ2) is 5.96. The Kier molecular flexibility index (Phi) is 4.60. The normalized spacial score (nSPS) is 10.6. The molecule has 0 aromatic heterocycles. The van der Waals surface area contributed by atoms with E-state index < -0.39 is 17.8 Å². The third kappa shape index (κ3) is 4.37. The number of terminal acetylenes is 1. The number of carbonyl (C=O) groups is 1. The molecule has 2 amide bonds. The lowest BCUT2D eigenvalue weighted by molar-refractivity contribution is -0.137. The molecule has 0 radical (unpaired) electrons. The van der Waals surface area contributed by atoms with Crippen LogP contribution in [0, 0.1) is 12.3 Å². The van der Waals surface area contributed by atoms with Gasteiger partial charge in [-0.3, -0.25) is 0 Å². The van der Waals surface area contributed by atoms with Gasteiger partial charge in [0.2, 0.25) is 0 Å². The van der Waals surface area contributed by atoms with Crippen LogP contribution in [0.2, 0.25) is 0 Å². The number of urea groups is 1. The number of hydrogen-bond donors (Lipinski definition) is 2. The van der Waals surface area contributed by atoms with Crippen molar-refractivity contribution in [2.45, 2.75) is 12.7 Å². The Morgan fingerprint density at radius 1 is 1.22 bits per heavy atom. The molecule has 6 heteroatoms. The van der Waals surface area contributed by atoms with Crippen molar-refractivity contribution in [3.8, 4) is 12.3 Å². The van der Waals surface area contributed by atoms with Crippen LogP contribution in [0.1, 0.15) is 11.1 Å². The van der Waals surface area contributed by atoms with E-state index in [1.807, 2.05) is 0 Å². The number of carbonyl (C=O) groups excluding carboxylic acids is 1. The Morgan fingerprint density at radius 2 is 1.83 bits per heavy atom.